The minimum atomic E-state index is -0.902. The highest BCUT2D eigenvalue weighted by Crippen LogP contribution is 2.27. The third-order valence-corrected chi connectivity index (χ3v) is 6.23. The molecule has 0 aliphatic carbocycles. The quantitative estimate of drug-likeness (QED) is 0.277. The van der Waals surface area contributed by atoms with Gasteiger partial charge in [-0.3, -0.25) is 14.6 Å². The fourth-order valence-corrected chi connectivity index (χ4v) is 4.11. The number of hydrogen-bond acceptors (Lipinski definition) is 4. The van der Waals surface area contributed by atoms with E-state index in [9.17, 15) is 9.59 Å². The molecule has 188 valence electrons. The molecule has 1 atom stereocenters. The summed E-state index contributed by atoms with van der Waals surface area (Å²) in [6, 6.07) is 26.0. The fourth-order valence-electron chi connectivity index (χ4n) is 3.79. The van der Waals surface area contributed by atoms with Crippen LogP contribution in [0.5, 0.6) is 5.75 Å². The average molecular weight is 534 g/mol. The summed E-state index contributed by atoms with van der Waals surface area (Å²) in [4.78, 5) is 32.8. The van der Waals surface area contributed by atoms with Gasteiger partial charge in [0.1, 0.15) is 11.8 Å². The SMILES string of the molecule is O=C(NCc1ccncc1)[C@@H](c1ccccc1)N(Cc1ccc(Cl)cc1)C(=O)COc1ccccc1Cl. The summed E-state index contributed by atoms with van der Waals surface area (Å²) in [7, 11) is 0. The molecular formula is C29H25Cl2N3O3. The Morgan fingerprint density at radius 1 is 0.838 bits per heavy atom. The van der Waals surface area contributed by atoms with Crippen LogP contribution in [0.4, 0.5) is 0 Å². The number of aromatic nitrogens is 1. The van der Waals surface area contributed by atoms with Gasteiger partial charge in [-0.2, -0.15) is 0 Å². The average Bonchev–Trinajstić information content (AvgIpc) is 2.93. The lowest BCUT2D eigenvalue weighted by molar-refractivity contribution is -0.143. The summed E-state index contributed by atoms with van der Waals surface area (Å²) >= 11 is 12.3. The molecule has 0 saturated carbocycles. The summed E-state index contributed by atoms with van der Waals surface area (Å²) in [5.74, 6) is -0.298. The van der Waals surface area contributed by atoms with Gasteiger partial charge in [-0.15, -0.1) is 0 Å². The van der Waals surface area contributed by atoms with Gasteiger partial charge in [0.15, 0.2) is 6.61 Å². The minimum absolute atomic E-state index is 0.171. The maximum atomic E-state index is 13.6. The summed E-state index contributed by atoms with van der Waals surface area (Å²) < 4.78 is 5.75. The topological polar surface area (TPSA) is 71.5 Å². The lowest BCUT2D eigenvalue weighted by Crippen LogP contribution is -2.45. The molecule has 1 aromatic heterocycles. The van der Waals surface area contributed by atoms with Crippen LogP contribution in [0, 0.1) is 0 Å². The Labute approximate surface area is 225 Å². The van der Waals surface area contributed by atoms with E-state index in [1.165, 1.54) is 4.90 Å². The number of rotatable bonds is 10. The predicted octanol–water partition coefficient (Wildman–Crippen LogP) is 5.85. The van der Waals surface area contributed by atoms with Gasteiger partial charge in [-0.25, -0.2) is 0 Å². The van der Waals surface area contributed by atoms with E-state index >= 15 is 0 Å². The van der Waals surface area contributed by atoms with Crippen LogP contribution in [-0.4, -0.2) is 28.3 Å². The first-order valence-electron chi connectivity index (χ1n) is 11.6. The molecule has 1 N–H and O–H groups in total. The minimum Gasteiger partial charge on any atom is -0.482 e. The number of nitrogens with zero attached hydrogens (tertiary/aromatic N) is 2. The van der Waals surface area contributed by atoms with Gasteiger partial charge in [0, 0.05) is 30.5 Å². The second kappa shape index (κ2) is 12.9. The molecule has 0 bridgehead atoms. The summed E-state index contributed by atoms with van der Waals surface area (Å²) in [6.45, 7) is 0.173. The van der Waals surface area contributed by atoms with Crippen molar-refractivity contribution < 1.29 is 14.3 Å². The number of carbonyl (C=O) groups is 2. The lowest BCUT2D eigenvalue weighted by atomic mass is 10.0. The van der Waals surface area contributed by atoms with Gasteiger partial charge < -0.3 is 15.0 Å². The maximum absolute atomic E-state index is 13.6. The van der Waals surface area contributed by atoms with Gasteiger partial charge >= 0.3 is 0 Å². The Hall–Kier alpha value is -3.87. The van der Waals surface area contributed by atoms with Gasteiger partial charge in [0.25, 0.3) is 5.91 Å². The van der Waals surface area contributed by atoms with Crippen molar-refractivity contribution in [2.75, 3.05) is 6.61 Å². The Morgan fingerprint density at radius 3 is 2.22 bits per heavy atom. The third-order valence-electron chi connectivity index (χ3n) is 5.67. The molecule has 0 spiro atoms. The second-order valence-corrected chi connectivity index (χ2v) is 9.10. The number of carbonyl (C=O) groups excluding carboxylic acids is 2. The van der Waals surface area contributed by atoms with Crippen molar-refractivity contribution >= 4 is 35.0 Å². The van der Waals surface area contributed by atoms with Crippen molar-refractivity contribution in [1.82, 2.24) is 15.2 Å². The first kappa shape index (κ1) is 26.2. The van der Waals surface area contributed by atoms with E-state index < -0.39 is 6.04 Å². The number of nitrogens with one attached hydrogen (secondary N) is 1. The number of ether oxygens (including phenoxy) is 1. The number of hydrogen-bond donors (Lipinski definition) is 1. The molecule has 0 saturated heterocycles. The Balaban J connectivity index is 1.63. The van der Waals surface area contributed by atoms with E-state index in [0.717, 1.165) is 11.1 Å². The number of pyridine rings is 1. The summed E-state index contributed by atoms with van der Waals surface area (Å²) in [6.07, 6.45) is 3.33. The molecule has 0 unspecified atom stereocenters. The molecule has 0 radical (unpaired) electrons. The monoisotopic (exact) mass is 533 g/mol. The molecule has 6 nitrogen and oxygen atoms in total. The van der Waals surface area contributed by atoms with E-state index in [2.05, 4.69) is 10.3 Å². The van der Waals surface area contributed by atoms with Crippen LogP contribution < -0.4 is 10.1 Å². The maximum Gasteiger partial charge on any atom is 0.261 e. The van der Waals surface area contributed by atoms with Crippen LogP contribution in [-0.2, 0) is 22.7 Å². The molecule has 8 heteroatoms. The van der Waals surface area contributed by atoms with Crippen molar-refractivity contribution in [3.8, 4) is 5.75 Å². The zero-order valence-corrected chi connectivity index (χ0v) is 21.4. The zero-order valence-electron chi connectivity index (χ0n) is 19.9. The number of benzene rings is 3. The van der Waals surface area contributed by atoms with E-state index in [0.29, 0.717) is 27.9 Å². The van der Waals surface area contributed by atoms with Crippen molar-refractivity contribution in [3.63, 3.8) is 0 Å². The highest BCUT2D eigenvalue weighted by molar-refractivity contribution is 6.32. The summed E-state index contributed by atoms with van der Waals surface area (Å²) in [5, 5.41) is 3.95. The van der Waals surface area contributed by atoms with Crippen molar-refractivity contribution in [1.29, 1.82) is 0 Å². The normalized spacial score (nSPS) is 11.4. The molecule has 0 fully saturated rings. The van der Waals surface area contributed by atoms with Crippen molar-refractivity contribution in [3.05, 3.63) is 130 Å². The van der Waals surface area contributed by atoms with Crippen LogP contribution in [0.1, 0.15) is 22.7 Å². The smallest absolute Gasteiger partial charge is 0.261 e. The van der Waals surface area contributed by atoms with Crippen molar-refractivity contribution in [2.45, 2.75) is 19.1 Å². The van der Waals surface area contributed by atoms with Crippen molar-refractivity contribution in [2.24, 2.45) is 0 Å². The molecular weight excluding hydrogens is 509 g/mol. The molecule has 3 aromatic carbocycles. The van der Waals surface area contributed by atoms with Crippen LogP contribution in [0.15, 0.2) is 103 Å². The Bertz CT molecular complexity index is 1320. The fraction of sp³-hybridized carbons (Fsp3) is 0.138. The summed E-state index contributed by atoms with van der Waals surface area (Å²) in [5.41, 5.74) is 2.39. The highest BCUT2D eigenvalue weighted by atomic mass is 35.5. The third kappa shape index (κ3) is 7.32. The number of para-hydroxylation sites is 1. The van der Waals surface area contributed by atoms with Gasteiger partial charge in [0.2, 0.25) is 5.91 Å². The molecule has 4 rings (SSSR count). The largest absolute Gasteiger partial charge is 0.482 e. The molecule has 1 heterocycles. The second-order valence-electron chi connectivity index (χ2n) is 8.25. The molecule has 2 amide bonds. The van der Waals surface area contributed by atoms with E-state index in [1.807, 2.05) is 54.6 Å². The molecule has 0 aliphatic heterocycles. The zero-order chi connectivity index (χ0) is 26.0. The molecule has 0 aliphatic rings. The highest BCUT2D eigenvalue weighted by Gasteiger charge is 2.32. The van der Waals surface area contributed by atoms with Crippen LogP contribution in [0.25, 0.3) is 0 Å². The first-order valence-corrected chi connectivity index (χ1v) is 12.4. The lowest BCUT2D eigenvalue weighted by Gasteiger charge is -2.31. The number of halogens is 2. The first-order chi connectivity index (χ1) is 18.0. The van der Waals surface area contributed by atoms with Gasteiger partial charge in [0.05, 0.1) is 5.02 Å². The van der Waals surface area contributed by atoms with E-state index in [-0.39, 0.29) is 25.0 Å². The molecule has 37 heavy (non-hydrogen) atoms. The van der Waals surface area contributed by atoms with E-state index in [4.69, 9.17) is 27.9 Å². The van der Waals surface area contributed by atoms with E-state index in [1.54, 1.807) is 48.8 Å². The Kier molecular flexibility index (Phi) is 9.13. The molecule has 4 aromatic rings. The van der Waals surface area contributed by atoms with Gasteiger partial charge in [-0.1, -0.05) is 77.8 Å². The van der Waals surface area contributed by atoms with Crippen LogP contribution in [0.3, 0.4) is 0 Å². The van der Waals surface area contributed by atoms with Crippen LogP contribution in [0.2, 0.25) is 10.0 Å². The standard InChI is InChI=1S/C29H25Cl2N3O3/c30-24-12-10-22(11-13-24)19-34(27(35)20-37-26-9-5-4-8-25(26)31)28(23-6-2-1-3-7-23)29(36)33-18-21-14-16-32-17-15-21/h1-17,28H,18-20H2,(H,33,36)/t28-/m1/s1. The van der Waals surface area contributed by atoms with Crippen LogP contribution >= 0.6 is 23.2 Å². The predicted molar refractivity (Wildman–Crippen MR) is 144 cm³/mol. The Morgan fingerprint density at radius 2 is 1.51 bits per heavy atom. The van der Waals surface area contributed by atoms with Gasteiger partial charge in [-0.05, 0) is 53.1 Å². The number of amides is 2.